The Morgan fingerprint density at radius 2 is 2.05 bits per heavy atom. The lowest BCUT2D eigenvalue weighted by atomic mass is 9.95. The molecule has 122 valence electrons. The highest BCUT2D eigenvalue weighted by Gasteiger charge is 2.23. The molecule has 1 saturated carbocycles. The Hall–Kier alpha value is -0.940. The van der Waals surface area contributed by atoms with Crippen molar-refractivity contribution in [2.24, 2.45) is 0 Å². The van der Waals surface area contributed by atoms with Crippen LogP contribution in [0.25, 0.3) is 0 Å². The van der Waals surface area contributed by atoms with E-state index in [1.54, 1.807) is 0 Å². The Balaban J connectivity index is 1.42. The summed E-state index contributed by atoms with van der Waals surface area (Å²) < 4.78 is 0. The molecule has 2 N–H and O–H groups in total. The second-order valence-electron chi connectivity index (χ2n) is 6.59. The van der Waals surface area contributed by atoms with Crippen molar-refractivity contribution in [2.75, 3.05) is 6.54 Å². The SMILES string of the molecule is Cc1nc2c(s1)CCCC2NCCC(=O)NC1CCCCC1. The fourth-order valence-corrected chi connectivity index (χ4v) is 4.69. The molecule has 3 rings (SSSR count). The zero-order valence-electron chi connectivity index (χ0n) is 13.5. The van der Waals surface area contributed by atoms with E-state index in [0.29, 0.717) is 18.5 Å². The lowest BCUT2D eigenvalue weighted by Crippen LogP contribution is -2.38. The fourth-order valence-electron chi connectivity index (χ4n) is 3.65. The smallest absolute Gasteiger partial charge is 0.221 e. The molecule has 1 aromatic heterocycles. The number of amides is 1. The second-order valence-corrected chi connectivity index (χ2v) is 7.88. The van der Waals surface area contributed by atoms with Crippen LogP contribution in [-0.2, 0) is 11.2 Å². The van der Waals surface area contributed by atoms with Crippen LogP contribution in [0.15, 0.2) is 0 Å². The molecule has 5 heteroatoms. The number of rotatable bonds is 5. The van der Waals surface area contributed by atoms with Crippen molar-refractivity contribution in [3.63, 3.8) is 0 Å². The van der Waals surface area contributed by atoms with Gasteiger partial charge in [0.2, 0.25) is 5.91 Å². The maximum atomic E-state index is 12.0. The van der Waals surface area contributed by atoms with Gasteiger partial charge in [-0.05, 0) is 39.0 Å². The lowest BCUT2D eigenvalue weighted by Gasteiger charge is -2.24. The molecule has 0 spiro atoms. The quantitative estimate of drug-likeness (QED) is 0.875. The maximum Gasteiger partial charge on any atom is 0.221 e. The van der Waals surface area contributed by atoms with Crippen LogP contribution in [0.4, 0.5) is 0 Å². The van der Waals surface area contributed by atoms with Crippen LogP contribution in [0.1, 0.15) is 73.0 Å². The van der Waals surface area contributed by atoms with Crippen LogP contribution in [0.3, 0.4) is 0 Å². The van der Waals surface area contributed by atoms with Crippen molar-refractivity contribution in [1.82, 2.24) is 15.6 Å². The van der Waals surface area contributed by atoms with E-state index >= 15 is 0 Å². The molecule has 2 aliphatic carbocycles. The van der Waals surface area contributed by atoms with E-state index in [1.807, 2.05) is 11.3 Å². The number of hydrogen-bond donors (Lipinski definition) is 2. The summed E-state index contributed by atoms with van der Waals surface area (Å²) in [4.78, 5) is 18.2. The van der Waals surface area contributed by atoms with Crippen LogP contribution in [-0.4, -0.2) is 23.5 Å². The summed E-state index contributed by atoms with van der Waals surface area (Å²) in [6, 6.07) is 0.764. The van der Waals surface area contributed by atoms with E-state index in [0.717, 1.165) is 30.8 Å². The van der Waals surface area contributed by atoms with Gasteiger partial charge in [0.25, 0.3) is 0 Å². The number of aromatic nitrogens is 1. The van der Waals surface area contributed by atoms with Crippen molar-refractivity contribution in [2.45, 2.75) is 76.8 Å². The van der Waals surface area contributed by atoms with Gasteiger partial charge in [-0.15, -0.1) is 11.3 Å². The molecule has 1 aromatic rings. The number of carbonyl (C=O) groups is 1. The van der Waals surface area contributed by atoms with E-state index in [2.05, 4.69) is 22.5 Å². The summed E-state index contributed by atoms with van der Waals surface area (Å²) in [6.07, 6.45) is 10.3. The van der Waals surface area contributed by atoms with Crippen LogP contribution >= 0.6 is 11.3 Å². The average molecular weight is 321 g/mol. The van der Waals surface area contributed by atoms with E-state index in [1.165, 1.54) is 42.7 Å². The predicted molar refractivity (Wildman–Crippen MR) is 90.2 cm³/mol. The molecule has 1 atom stereocenters. The van der Waals surface area contributed by atoms with Gasteiger partial charge in [-0.3, -0.25) is 4.79 Å². The van der Waals surface area contributed by atoms with Gasteiger partial charge >= 0.3 is 0 Å². The highest BCUT2D eigenvalue weighted by atomic mass is 32.1. The Morgan fingerprint density at radius 1 is 1.23 bits per heavy atom. The monoisotopic (exact) mass is 321 g/mol. The molecule has 2 aliphatic rings. The lowest BCUT2D eigenvalue weighted by molar-refractivity contribution is -0.121. The van der Waals surface area contributed by atoms with Gasteiger partial charge in [0.05, 0.1) is 16.7 Å². The molecule has 0 radical (unpaired) electrons. The number of carbonyl (C=O) groups excluding carboxylic acids is 1. The molecule has 4 nitrogen and oxygen atoms in total. The normalized spacial score (nSPS) is 22.3. The van der Waals surface area contributed by atoms with E-state index in [-0.39, 0.29) is 5.91 Å². The van der Waals surface area contributed by atoms with Gasteiger partial charge in [-0.1, -0.05) is 19.3 Å². The summed E-state index contributed by atoms with van der Waals surface area (Å²) in [7, 11) is 0. The highest BCUT2D eigenvalue weighted by molar-refractivity contribution is 7.11. The molecule has 1 heterocycles. The number of fused-ring (bicyclic) bond motifs is 1. The topological polar surface area (TPSA) is 54.0 Å². The average Bonchev–Trinajstić information content (AvgIpc) is 2.89. The van der Waals surface area contributed by atoms with Gasteiger partial charge < -0.3 is 10.6 Å². The van der Waals surface area contributed by atoms with Crippen LogP contribution in [0.5, 0.6) is 0 Å². The fraction of sp³-hybridized carbons (Fsp3) is 0.765. The molecule has 1 amide bonds. The molecule has 0 saturated heterocycles. The van der Waals surface area contributed by atoms with Gasteiger partial charge in [0.15, 0.2) is 0 Å². The van der Waals surface area contributed by atoms with Gasteiger partial charge in [0.1, 0.15) is 0 Å². The highest BCUT2D eigenvalue weighted by Crippen LogP contribution is 2.32. The molecular formula is C17H27N3OS. The summed E-state index contributed by atoms with van der Waals surface area (Å²) in [6.45, 7) is 2.83. The van der Waals surface area contributed by atoms with Crippen molar-refractivity contribution < 1.29 is 4.79 Å². The third-order valence-corrected chi connectivity index (χ3v) is 5.82. The first-order chi connectivity index (χ1) is 10.7. The number of nitrogens with zero attached hydrogens (tertiary/aromatic N) is 1. The summed E-state index contributed by atoms with van der Waals surface area (Å²) in [5, 5.41) is 7.89. The second kappa shape index (κ2) is 7.55. The number of thiazole rings is 1. The number of nitrogens with one attached hydrogen (secondary N) is 2. The number of hydrogen-bond acceptors (Lipinski definition) is 4. The molecule has 1 fully saturated rings. The van der Waals surface area contributed by atoms with E-state index < -0.39 is 0 Å². The maximum absolute atomic E-state index is 12.0. The Morgan fingerprint density at radius 3 is 2.86 bits per heavy atom. The van der Waals surface area contributed by atoms with E-state index in [4.69, 9.17) is 0 Å². The summed E-state index contributed by atoms with van der Waals surface area (Å²) in [5.74, 6) is 0.199. The van der Waals surface area contributed by atoms with Crippen molar-refractivity contribution in [3.05, 3.63) is 15.6 Å². The summed E-state index contributed by atoms with van der Waals surface area (Å²) >= 11 is 1.83. The van der Waals surface area contributed by atoms with Gasteiger partial charge in [-0.25, -0.2) is 4.98 Å². The van der Waals surface area contributed by atoms with Crippen molar-refractivity contribution >= 4 is 17.2 Å². The molecule has 1 unspecified atom stereocenters. The molecular weight excluding hydrogens is 294 g/mol. The third-order valence-electron chi connectivity index (χ3n) is 4.77. The molecule has 22 heavy (non-hydrogen) atoms. The largest absolute Gasteiger partial charge is 0.353 e. The standard InChI is InChI=1S/C17H27N3OS/c1-12-19-17-14(8-5-9-15(17)22-12)18-11-10-16(21)20-13-6-3-2-4-7-13/h13-14,18H,2-11H2,1H3,(H,20,21). The first-order valence-electron chi connectivity index (χ1n) is 8.71. The molecule has 0 aromatic carbocycles. The first kappa shape index (κ1) is 15.9. The van der Waals surface area contributed by atoms with Gasteiger partial charge in [-0.2, -0.15) is 0 Å². The van der Waals surface area contributed by atoms with Crippen molar-refractivity contribution in [1.29, 1.82) is 0 Å². The Labute approximate surface area is 137 Å². The Bertz CT molecular complexity index is 508. The molecule has 0 bridgehead atoms. The van der Waals surface area contributed by atoms with Gasteiger partial charge in [0, 0.05) is 23.9 Å². The number of aryl methyl sites for hydroxylation is 2. The first-order valence-corrected chi connectivity index (χ1v) is 9.53. The minimum absolute atomic E-state index is 0.199. The zero-order valence-corrected chi connectivity index (χ0v) is 14.3. The zero-order chi connectivity index (χ0) is 15.4. The van der Waals surface area contributed by atoms with Crippen LogP contribution in [0, 0.1) is 6.92 Å². The van der Waals surface area contributed by atoms with Crippen LogP contribution < -0.4 is 10.6 Å². The predicted octanol–water partition coefficient (Wildman–Crippen LogP) is 3.26. The minimum Gasteiger partial charge on any atom is -0.353 e. The summed E-state index contributed by atoms with van der Waals surface area (Å²) in [5.41, 5.74) is 1.24. The van der Waals surface area contributed by atoms with Crippen LogP contribution in [0.2, 0.25) is 0 Å². The van der Waals surface area contributed by atoms with Crippen molar-refractivity contribution in [3.8, 4) is 0 Å². The molecule has 0 aliphatic heterocycles. The minimum atomic E-state index is 0.199. The van der Waals surface area contributed by atoms with E-state index in [9.17, 15) is 4.79 Å². The third kappa shape index (κ3) is 4.07. The Kier molecular flexibility index (Phi) is 5.47.